The van der Waals surface area contributed by atoms with Crippen LogP contribution < -0.4 is 4.74 Å². The molecular weight excluding hydrogens is 380 g/mol. The normalized spacial score (nSPS) is 13.1. The fourth-order valence-corrected chi connectivity index (χ4v) is 3.39. The first-order chi connectivity index (χ1) is 14.0. The molecule has 0 spiro atoms. The summed E-state index contributed by atoms with van der Waals surface area (Å²) >= 11 is 0. The average molecular weight is 395 g/mol. The molecule has 3 aromatic carbocycles. The zero-order valence-electron chi connectivity index (χ0n) is 15.2. The molecule has 5 nitrogen and oxygen atoms in total. The van der Waals surface area contributed by atoms with Crippen LogP contribution in [0, 0.1) is 11.6 Å². The zero-order valence-corrected chi connectivity index (χ0v) is 15.2. The SMILES string of the molecule is O=C(CCCN1C(=O)c2cccc3cccc(c23)C1=O)Oc1ccc(F)c(F)c1. The molecule has 0 N–H and O–H groups in total. The van der Waals surface area contributed by atoms with Crippen LogP contribution in [0.2, 0.25) is 0 Å². The monoisotopic (exact) mass is 395 g/mol. The van der Waals surface area contributed by atoms with Crippen molar-refractivity contribution in [3.05, 3.63) is 77.4 Å². The molecule has 0 saturated heterocycles. The van der Waals surface area contributed by atoms with Crippen LogP contribution in [-0.2, 0) is 4.79 Å². The highest BCUT2D eigenvalue weighted by atomic mass is 19.2. The molecular formula is C22H15F2NO4. The second-order valence-electron chi connectivity index (χ2n) is 6.62. The van der Waals surface area contributed by atoms with E-state index >= 15 is 0 Å². The highest BCUT2D eigenvalue weighted by Gasteiger charge is 2.32. The molecule has 1 aliphatic heterocycles. The van der Waals surface area contributed by atoms with Crippen molar-refractivity contribution >= 4 is 28.6 Å². The topological polar surface area (TPSA) is 63.7 Å². The Morgan fingerprint density at radius 1 is 0.897 bits per heavy atom. The summed E-state index contributed by atoms with van der Waals surface area (Å²) in [5.74, 6) is -3.76. The molecule has 0 radical (unpaired) electrons. The predicted molar refractivity (Wildman–Crippen MR) is 101 cm³/mol. The largest absolute Gasteiger partial charge is 0.426 e. The highest BCUT2D eigenvalue weighted by Crippen LogP contribution is 2.30. The van der Waals surface area contributed by atoms with E-state index in [0.717, 1.165) is 28.5 Å². The molecule has 1 heterocycles. The predicted octanol–water partition coefficient (Wildman–Crippen LogP) is 4.10. The number of rotatable bonds is 5. The van der Waals surface area contributed by atoms with Crippen LogP contribution in [0.3, 0.4) is 0 Å². The van der Waals surface area contributed by atoms with Gasteiger partial charge in [0.2, 0.25) is 0 Å². The Labute approximate surface area is 164 Å². The molecule has 0 saturated carbocycles. The summed E-state index contributed by atoms with van der Waals surface area (Å²) in [7, 11) is 0. The van der Waals surface area contributed by atoms with Gasteiger partial charge < -0.3 is 4.74 Å². The number of benzene rings is 3. The van der Waals surface area contributed by atoms with Crippen molar-refractivity contribution in [2.45, 2.75) is 12.8 Å². The molecule has 2 amide bonds. The van der Waals surface area contributed by atoms with Crippen molar-refractivity contribution in [1.29, 1.82) is 0 Å². The summed E-state index contributed by atoms with van der Waals surface area (Å²) in [4.78, 5) is 38.6. The average Bonchev–Trinajstić information content (AvgIpc) is 2.71. The number of carbonyl (C=O) groups is 3. The Morgan fingerprint density at radius 2 is 1.55 bits per heavy atom. The Kier molecular flexibility index (Phi) is 4.80. The number of amides is 2. The Morgan fingerprint density at radius 3 is 2.17 bits per heavy atom. The fraction of sp³-hybridized carbons (Fsp3) is 0.136. The quantitative estimate of drug-likeness (QED) is 0.371. The van der Waals surface area contributed by atoms with Gasteiger partial charge in [-0.05, 0) is 36.1 Å². The lowest BCUT2D eigenvalue weighted by molar-refractivity contribution is -0.134. The van der Waals surface area contributed by atoms with Gasteiger partial charge in [0.15, 0.2) is 11.6 Å². The fourth-order valence-electron chi connectivity index (χ4n) is 3.39. The molecule has 1 aliphatic rings. The zero-order chi connectivity index (χ0) is 20.5. The van der Waals surface area contributed by atoms with Gasteiger partial charge in [0, 0.05) is 35.5 Å². The molecule has 3 aromatic rings. The third-order valence-electron chi connectivity index (χ3n) is 4.74. The Hall–Kier alpha value is -3.61. The third-order valence-corrected chi connectivity index (χ3v) is 4.74. The van der Waals surface area contributed by atoms with E-state index < -0.39 is 29.4 Å². The van der Waals surface area contributed by atoms with E-state index in [4.69, 9.17) is 4.74 Å². The van der Waals surface area contributed by atoms with E-state index in [9.17, 15) is 23.2 Å². The van der Waals surface area contributed by atoms with E-state index in [0.29, 0.717) is 16.5 Å². The molecule has 0 bridgehead atoms. The van der Waals surface area contributed by atoms with Gasteiger partial charge >= 0.3 is 5.97 Å². The van der Waals surface area contributed by atoms with Crippen molar-refractivity contribution in [3.8, 4) is 5.75 Å². The van der Waals surface area contributed by atoms with E-state index in [1.807, 2.05) is 12.1 Å². The number of hydrogen-bond acceptors (Lipinski definition) is 4. The Bertz CT molecular complexity index is 1110. The number of ether oxygens (including phenoxy) is 1. The summed E-state index contributed by atoms with van der Waals surface area (Å²) in [6.45, 7) is 0.0370. The minimum Gasteiger partial charge on any atom is -0.426 e. The standard InChI is InChI=1S/C22H15F2NO4/c23-17-10-9-14(12-18(17)24)29-19(26)8-3-11-25-21(27)15-6-1-4-13-5-2-7-16(20(13)15)22(25)28/h1-2,4-7,9-10,12H,3,8,11H2. The highest BCUT2D eigenvalue weighted by molar-refractivity contribution is 6.25. The lowest BCUT2D eigenvalue weighted by Gasteiger charge is -2.27. The number of carbonyl (C=O) groups excluding carboxylic acids is 3. The minimum absolute atomic E-state index is 0.0370. The van der Waals surface area contributed by atoms with Crippen molar-refractivity contribution in [3.63, 3.8) is 0 Å². The smallest absolute Gasteiger partial charge is 0.311 e. The van der Waals surface area contributed by atoms with Crippen LogP contribution >= 0.6 is 0 Å². The van der Waals surface area contributed by atoms with Gasteiger partial charge in [-0.15, -0.1) is 0 Å². The number of imide groups is 1. The molecule has 0 fully saturated rings. The number of halogens is 2. The van der Waals surface area contributed by atoms with Crippen molar-refractivity contribution in [2.24, 2.45) is 0 Å². The van der Waals surface area contributed by atoms with Gasteiger partial charge in [-0.25, -0.2) is 8.78 Å². The molecule has 4 rings (SSSR count). The van der Waals surface area contributed by atoms with Gasteiger partial charge in [0.05, 0.1) is 0 Å². The van der Waals surface area contributed by atoms with Gasteiger partial charge in [0.1, 0.15) is 5.75 Å². The van der Waals surface area contributed by atoms with Crippen LogP contribution in [0.4, 0.5) is 8.78 Å². The van der Waals surface area contributed by atoms with E-state index in [1.165, 1.54) is 0 Å². The maximum Gasteiger partial charge on any atom is 0.311 e. The molecule has 0 aromatic heterocycles. The first-order valence-electron chi connectivity index (χ1n) is 8.99. The number of esters is 1. The second-order valence-corrected chi connectivity index (χ2v) is 6.62. The number of hydrogen-bond donors (Lipinski definition) is 0. The van der Waals surface area contributed by atoms with Gasteiger partial charge in [-0.2, -0.15) is 0 Å². The van der Waals surface area contributed by atoms with Crippen LogP contribution in [0.1, 0.15) is 33.6 Å². The lowest BCUT2D eigenvalue weighted by atomic mass is 9.94. The van der Waals surface area contributed by atoms with Crippen molar-refractivity contribution in [2.75, 3.05) is 6.54 Å². The first kappa shape index (κ1) is 18.7. The van der Waals surface area contributed by atoms with Crippen LogP contribution in [-0.4, -0.2) is 29.2 Å². The van der Waals surface area contributed by atoms with Gasteiger partial charge in [-0.3, -0.25) is 19.3 Å². The summed E-state index contributed by atoms with van der Waals surface area (Å²) in [6, 6.07) is 13.3. The van der Waals surface area contributed by atoms with Crippen LogP contribution in [0.15, 0.2) is 54.6 Å². The van der Waals surface area contributed by atoms with Crippen LogP contribution in [0.5, 0.6) is 5.75 Å². The van der Waals surface area contributed by atoms with Crippen molar-refractivity contribution in [1.82, 2.24) is 4.90 Å². The first-order valence-corrected chi connectivity index (χ1v) is 8.99. The molecule has 0 aliphatic carbocycles. The maximum absolute atomic E-state index is 13.2. The number of nitrogens with zero attached hydrogens (tertiary/aromatic N) is 1. The van der Waals surface area contributed by atoms with Crippen molar-refractivity contribution < 1.29 is 27.9 Å². The molecule has 0 unspecified atom stereocenters. The molecule has 0 atom stereocenters. The summed E-state index contributed by atoms with van der Waals surface area (Å²) in [5.41, 5.74) is 0.893. The van der Waals surface area contributed by atoms with E-state index in [2.05, 4.69) is 0 Å². The maximum atomic E-state index is 13.2. The summed E-state index contributed by atoms with van der Waals surface area (Å²) in [6.07, 6.45) is 0.0834. The van der Waals surface area contributed by atoms with E-state index in [1.54, 1.807) is 24.3 Å². The Balaban J connectivity index is 1.42. The summed E-state index contributed by atoms with van der Waals surface area (Å²) < 4.78 is 31.1. The molecule has 7 heteroatoms. The lowest BCUT2D eigenvalue weighted by Crippen LogP contribution is -2.41. The van der Waals surface area contributed by atoms with E-state index in [-0.39, 0.29) is 25.1 Å². The summed E-state index contributed by atoms with van der Waals surface area (Å²) in [5, 5.41) is 1.45. The second kappa shape index (κ2) is 7.43. The third kappa shape index (κ3) is 3.47. The van der Waals surface area contributed by atoms with Gasteiger partial charge in [0.25, 0.3) is 11.8 Å². The molecule has 146 valence electrons. The van der Waals surface area contributed by atoms with Gasteiger partial charge in [-0.1, -0.05) is 24.3 Å². The minimum atomic E-state index is -1.12. The molecule has 29 heavy (non-hydrogen) atoms. The van der Waals surface area contributed by atoms with Crippen LogP contribution in [0.25, 0.3) is 10.8 Å².